The smallest absolute Gasteiger partial charge is 0.320 e. The maximum atomic E-state index is 11.9. The highest BCUT2D eigenvalue weighted by atomic mass is 16.2. The van der Waals surface area contributed by atoms with Gasteiger partial charge in [-0.05, 0) is 13.8 Å². The average Bonchev–Trinajstić information content (AvgIpc) is 2.90. The van der Waals surface area contributed by atoms with Crippen LogP contribution in [-0.2, 0) is 4.79 Å². The number of aryl methyl sites for hydroxylation is 1. The fourth-order valence-corrected chi connectivity index (χ4v) is 2.03. The van der Waals surface area contributed by atoms with E-state index in [2.05, 4.69) is 15.3 Å². The number of hydrogen-bond donors (Lipinski definition) is 2. The Kier molecular flexibility index (Phi) is 3.73. The van der Waals surface area contributed by atoms with Gasteiger partial charge < -0.3 is 20.1 Å². The van der Waals surface area contributed by atoms with Crippen molar-refractivity contribution in [3.05, 3.63) is 17.7 Å². The molecule has 7 heteroatoms. The number of urea groups is 1. The van der Waals surface area contributed by atoms with Gasteiger partial charge in [-0.2, -0.15) is 0 Å². The second-order valence-corrected chi connectivity index (χ2v) is 4.87. The van der Waals surface area contributed by atoms with Crippen LogP contribution in [0.2, 0.25) is 0 Å². The summed E-state index contributed by atoms with van der Waals surface area (Å²) in [5.74, 6) is 0.543. The molecule has 0 saturated carbocycles. The van der Waals surface area contributed by atoms with Gasteiger partial charge in [-0.3, -0.25) is 4.79 Å². The van der Waals surface area contributed by atoms with Gasteiger partial charge in [-0.15, -0.1) is 0 Å². The second kappa shape index (κ2) is 5.29. The first-order valence-corrected chi connectivity index (χ1v) is 6.28. The molecule has 3 amide bonds. The molecule has 2 N–H and O–H groups in total. The minimum absolute atomic E-state index is 0.0905. The van der Waals surface area contributed by atoms with Crippen molar-refractivity contribution in [1.29, 1.82) is 0 Å². The Bertz CT molecular complexity index is 484. The number of carbonyl (C=O) groups excluding carboxylic acids is 2. The lowest BCUT2D eigenvalue weighted by atomic mass is 10.3. The number of amides is 3. The lowest BCUT2D eigenvalue weighted by molar-refractivity contribution is -0.122. The van der Waals surface area contributed by atoms with Crippen molar-refractivity contribution in [1.82, 2.24) is 25.1 Å². The second-order valence-electron chi connectivity index (χ2n) is 4.87. The molecule has 0 bridgehead atoms. The molecule has 1 aromatic rings. The van der Waals surface area contributed by atoms with Crippen molar-refractivity contribution >= 4 is 11.9 Å². The SMILES string of the molecule is Cc1cnc([C@@H](C)NC(=O)CN2CCN(C)C2=O)[nH]1. The molecule has 0 radical (unpaired) electrons. The van der Waals surface area contributed by atoms with E-state index >= 15 is 0 Å². The zero-order valence-corrected chi connectivity index (χ0v) is 11.4. The third-order valence-electron chi connectivity index (χ3n) is 3.15. The van der Waals surface area contributed by atoms with E-state index in [1.54, 1.807) is 18.1 Å². The van der Waals surface area contributed by atoms with E-state index in [4.69, 9.17) is 0 Å². The van der Waals surface area contributed by atoms with Crippen molar-refractivity contribution < 1.29 is 9.59 Å². The summed E-state index contributed by atoms with van der Waals surface area (Å²) in [6.07, 6.45) is 1.72. The van der Waals surface area contributed by atoms with E-state index in [0.29, 0.717) is 13.1 Å². The molecule has 1 aliphatic rings. The van der Waals surface area contributed by atoms with E-state index in [1.807, 2.05) is 13.8 Å². The lowest BCUT2D eigenvalue weighted by Crippen LogP contribution is -2.40. The number of aromatic nitrogens is 2. The Balaban J connectivity index is 1.86. The Hall–Kier alpha value is -2.05. The third-order valence-corrected chi connectivity index (χ3v) is 3.15. The monoisotopic (exact) mass is 265 g/mol. The van der Waals surface area contributed by atoms with Gasteiger partial charge in [0.15, 0.2) is 0 Å². The lowest BCUT2D eigenvalue weighted by Gasteiger charge is -2.17. The summed E-state index contributed by atoms with van der Waals surface area (Å²) in [5, 5.41) is 2.83. The molecule has 1 fully saturated rings. The van der Waals surface area contributed by atoms with Crippen LogP contribution in [0, 0.1) is 6.92 Å². The fraction of sp³-hybridized carbons (Fsp3) is 0.583. The van der Waals surface area contributed by atoms with E-state index in [1.165, 1.54) is 4.90 Å². The fourth-order valence-electron chi connectivity index (χ4n) is 2.03. The standard InChI is InChI=1S/C12H19N5O2/c1-8-6-13-11(14-8)9(2)15-10(18)7-17-5-4-16(3)12(17)19/h6,9H,4-5,7H2,1-3H3,(H,13,14)(H,15,18)/t9-/m1/s1. The van der Waals surface area contributed by atoms with Crippen LogP contribution in [0.5, 0.6) is 0 Å². The Morgan fingerprint density at radius 3 is 2.84 bits per heavy atom. The molecule has 7 nitrogen and oxygen atoms in total. The molecule has 0 aromatic carbocycles. The molecule has 0 spiro atoms. The Morgan fingerprint density at radius 1 is 1.58 bits per heavy atom. The maximum absolute atomic E-state index is 11.9. The molecule has 0 unspecified atom stereocenters. The number of likely N-dealkylation sites (N-methyl/N-ethyl adjacent to an activating group) is 1. The molecule has 2 heterocycles. The number of hydrogen-bond acceptors (Lipinski definition) is 3. The van der Waals surface area contributed by atoms with Gasteiger partial charge >= 0.3 is 6.03 Å². The summed E-state index contributed by atoms with van der Waals surface area (Å²) in [6, 6.07) is -0.298. The summed E-state index contributed by atoms with van der Waals surface area (Å²) in [4.78, 5) is 33.9. The van der Waals surface area contributed by atoms with Crippen LogP contribution in [0.15, 0.2) is 6.20 Å². The number of aromatic amines is 1. The number of carbonyl (C=O) groups is 2. The van der Waals surface area contributed by atoms with Crippen molar-refractivity contribution in [3.8, 4) is 0 Å². The topological polar surface area (TPSA) is 81.3 Å². The van der Waals surface area contributed by atoms with E-state index in [9.17, 15) is 9.59 Å². The van der Waals surface area contributed by atoms with Gasteiger partial charge in [0.05, 0.1) is 6.04 Å². The number of nitrogens with one attached hydrogen (secondary N) is 2. The molecule has 1 aliphatic heterocycles. The zero-order valence-electron chi connectivity index (χ0n) is 11.4. The first kappa shape index (κ1) is 13.4. The van der Waals surface area contributed by atoms with Gasteiger partial charge in [0.25, 0.3) is 0 Å². The van der Waals surface area contributed by atoms with Crippen LogP contribution in [0.1, 0.15) is 24.5 Å². The first-order chi connectivity index (χ1) is 8.97. The van der Waals surface area contributed by atoms with Crippen LogP contribution in [0.25, 0.3) is 0 Å². The minimum atomic E-state index is -0.198. The summed E-state index contributed by atoms with van der Waals surface area (Å²) in [6.45, 7) is 5.11. The first-order valence-electron chi connectivity index (χ1n) is 6.28. The average molecular weight is 265 g/mol. The van der Waals surface area contributed by atoms with Crippen LogP contribution in [0.4, 0.5) is 4.79 Å². The van der Waals surface area contributed by atoms with Crippen molar-refractivity contribution in [2.24, 2.45) is 0 Å². The summed E-state index contributed by atoms with van der Waals surface area (Å²) >= 11 is 0. The normalized spacial score (nSPS) is 16.9. The molecule has 19 heavy (non-hydrogen) atoms. The van der Waals surface area contributed by atoms with E-state index in [0.717, 1.165) is 11.5 Å². The zero-order chi connectivity index (χ0) is 14.0. The van der Waals surface area contributed by atoms with Gasteiger partial charge in [0.2, 0.25) is 5.91 Å². The van der Waals surface area contributed by atoms with Gasteiger partial charge in [0, 0.05) is 32.0 Å². The molecular formula is C12H19N5O2. The highest BCUT2D eigenvalue weighted by molar-refractivity contribution is 5.85. The van der Waals surface area contributed by atoms with Crippen LogP contribution >= 0.6 is 0 Å². The molecule has 104 valence electrons. The van der Waals surface area contributed by atoms with Crippen LogP contribution in [-0.4, -0.2) is 58.4 Å². The molecular weight excluding hydrogens is 246 g/mol. The highest BCUT2D eigenvalue weighted by Gasteiger charge is 2.27. The summed E-state index contributed by atoms with van der Waals surface area (Å²) < 4.78 is 0. The largest absolute Gasteiger partial charge is 0.345 e. The molecule has 1 aromatic heterocycles. The molecule has 0 aliphatic carbocycles. The Morgan fingerprint density at radius 2 is 2.32 bits per heavy atom. The number of rotatable bonds is 4. The molecule has 1 atom stereocenters. The van der Waals surface area contributed by atoms with Crippen molar-refractivity contribution in [2.45, 2.75) is 19.9 Å². The summed E-state index contributed by atoms with van der Waals surface area (Å²) in [7, 11) is 1.73. The third kappa shape index (κ3) is 3.04. The number of imidazole rings is 1. The minimum Gasteiger partial charge on any atom is -0.345 e. The van der Waals surface area contributed by atoms with E-state index in [-0.39, 0.29) is 24.5 Å². The predicted octanol–water partition coefficient (Wildman–Crippen LogP) is 0.263. The van der Waals surface area contributed by atoms with Crippen LogP contribution in [0.3, 0.4) is 0 Å². The molecule has 2 rings (SSSR count). The van der Waals surface area contributed by atoms with Crippen LogP contribution < -0.4 is 5.32 Å². The predicted molar refractivity (Wildman–Crippen MR) is 69.5 cm³/mol. The van der Waals surface area contributed by atoms with Crippen molar-refractivity contribution in [2.75, 3.05) is 26.7 Å². The van der Waals surface area contributed by atoms with Crippen molar-refractivity contribution in [3.63, 3.8) is 0 Å². The summed E-state index contributed by atoms with van der Waals surface area (Å²) in [5.41, 5.74) is 0.951. The Labute approximate surface area is 112 Å². The van der Waals surface area contributed by atoms with E-state index < -0.39 is 0 Å². The number of nitrogens with zero attached hydrogens (tertiary/aromatic N) is 3. The maximum Gasteiger partial charge on any atom is 0.320 e. The van der Waals surface area contributed by atoms with Gasteiger partial charge in [0.1, 0.15) is 12.4 Å². The highest BCUT2D eigenvalue weighted by Crippen LogP contribution is 2.09. The number of H-pyrrole nitrogens is 1. The quantitative estimate of drug-likeness (QED) is 0.819. The van der Waals surface area contributed by atoms with Gasteiger partial charge in [-0.25, -0.2) is 9.78 Å². The van der Waals surface area contributed by atoms with Gasteiger partial charge in [-0.1, -0.05) is 0 Å². The molecule has 1 saturated heterocycles.